The van der Waals surface area contributed by atoms with Gasteiger partial charge in [0.25, 0.3) is 10.1 Å². The highest BCUT2D eigenvalue weighted by Crippen LogP contribution is 2.36. The van der Waals surface area contributed by atoms with Gasteiger partial charge in [0.15, 0.2) is 0 Å². The fourth-order valence-electron chi connectivity index (χ4n) is 3.97. The third-order valence-corrected chi connectivity index (χ3v) is 6.70. The fraction of sp³-hybridized carbons (Fsp3) is 0.320. The summed E-state index contributed by atoms with van der Waals surface area (Å²) in [7, 11) is -2.00. The van der Waals surface area contributed by atoms with Gasteiger partial charge in [-0.25, -0.2) is 0 Å². The second kappa shape index (κ2) is 10.3. The van der Waals surface area contributed by atoms with Crippen LogP contribution < -0.4 is 0 Å². The van der Waals surface area contributed by atoms with Gasteiger partial charge >= 0.3 is 5.97 Å². The molecule has 0 atom stereocenters. The highest BCUT2D eigenvalue weighted by molar-refractivity contribution is 7.85. The van der Waals surface area contributed by atoms with Crippen LogP contribution >= 0.6 is 0 Å². The number of esters is 1. The Bertz CT molecular complexity index is 1150. The second-order valence-electron chi connectivity index (χ2n) is 7.96. The molecule has 32 heavy (non-hydrogen) atoms. The maximum atomic E-state index is 12.4. The van der Waals surface area contributed by atoms with Crippen LogP contribution in [0.3, 0.4) is 0 Å². The van der Waals surface area contributed by atoms with E-state index in [0.29, 0.717) is 6.61 Å². The van der Waals surface area contributed by atoms with Crippen molar-refractivity contribution >= 4 is 26.9 Å². The molecule has 3 aromatic carbocycles. The number of fused-ring (bicyclic) bond motifs is 1. The van der Waals surface area contributed by atoms with Gasteiger partial charge in [0.2, 0.25) is 0 Å². The lowest BCUT2D eigenvalue weighted by molar-refractivity contribution is -0.152. The number of benzene rings is 3. The summed E-state index contributed by atoms with van der Waals surface area (Å²) in [6, 6.07) is 21.9. The molecule has 1 heterocycles. The molecule has 0 spiro atoms. The first kappa shape index (κ1) is 23.9. The molecule has 1 aliphatic rings. The number of hydrogen-bond donors (Lipinski definition) is 1. The molecule has 0 amide bonds. The zero-order valence-corrected chi connectivity index (χ0v) is 19.2. The molecule has 0 unspecified atom stereocenters. The third-order valence-electron chi connectivity index (χ3n) is 5.85. The molecule has 1 saturated heterocycles. The smallest absolute Gasteiger partial charge is 0.316 e. The number of ether oxygens (including phenoxy) is 1. The Morgan fingerprint density at radius 1 is 0.969 bits per heavy atom. The predicted molar refractivity (Wildman–Crippen MR) is 125 cm³/mol. The molecule has 1 N–H and O–H groups in total. The standard InChI is InChI=1S/C15H21NO2.C10H8O3S/c1-3-18-14(17)15(9-11-16(2)12-10-15)13-7-5-4-6-8-13;11-14(12,13)10-6-5-8-3-1-2-4-9(8)7-10/h4-8H,3,9-12H2,1-2H3;1-7H,(H,11,12,13). The van der Waals surface area contributed by atoms with Crippen LogP contribution in [0.2, 0.25) is 0 Å². The van der Waals surface area contributed by atoms with E-state index in [1.807, 2.05) is 55.5 Å². The zero-order chi connectivity index (χ0) is 23.2. The summed E-state index contributed by atoms with van der Waals surface area (Å²) in [6.07, 6.45) is 1.68. The van der Waals surface area contributed by atoms with Crippen molar-refractivity contribution in [3.05, 3.63) is 78.4 Å². The SMILES string of the molecule is CCOC(=O)C1(c2ccccc2)CCN(C)CC1.O=S(=O)(O)c1ccc2ccccc2c1. The van der Waals surface area contributed by atoms with E-state index in [2.05, 4.69) is 11.9 Å². The topological polar surface area (TPSA) is 83.9 Å². The largest absolute Gasteiger partial charge is 0.465 e. The van der Waals surface area contributed by atoms with Crippen molar-refractivity contribution in [2.75, 3.05) is 26.7 Å². The van der Waals surface area contributed by atoms with Crippen molar-refractivity contribution in [1.82, 2.24) is 4.90 Å². The van der Waals surface area contributed by atoms with Gasteiger partial charge < -0.3 is 9.64 Å². The molecule has 0 bridgehead atoms. The highest BCUT2D eigenvalue weighted by Gasteiger charge is 2.43. The first-order valence-corrected chi connectivity index (χ1v) is 12.1. The van der Waals surface area contributed by atoms with E-state index in [0.717, 1.165) is 42.3 Å². The minimum Gasteiger partial charge on any atom is -0.465 e. The number of carbonyl (C=O) groups is 1. The Kier molecular flexibility index (Phi) is 7.66. The van der Waals surface area contributed by atoms with Crippen molar-refractivity contribution in [2.45, 2.75) is 30.1 Å². The van der Waals surface area contributed by atoms with Gasteiger partial charge in [-0.15, -0.1) is 0 Å². The second-order valence-corrected chi connectivity index (χ2v) is 9.38. The lowest BCUT2D eigenvalue weighted by Crippen LogP contribution is -2.47. The van der Waals surface area contributed by atoms with Crippen LogP contribution in [0.1, 0.15) is 25.3 Å². The Morgan fingerprint density at radius 3 is 2.16 bits per heavy atom. The first-order chi connectivity index (χ1) is 15.3. The summed E-state index contributed by atoms with van der Waals surface area (Å²) in [4.78, 5) is 14.6. The van der Waals surface area contributed by atoms with Crippen LogP contribution in [0.25, 0.3) is 10.8 Å². The molecule has 0 radical (unpaired) electrons. The van der Waals surface area contributed by atoms with E-state index in [1.165, 1.54) is 12.1 Å². The monoisotopic (exact) mass is 455 g/mol. The van der Waals surface area contributed by atoms with Gasteiger partial charge in [-0.1, -0.05) is 60.7 Å². The lowest BCUT2D eigenvalue weighted by Gasteiger charge is -2.38. The van der Waals surface area contributed by atoms with E-state index in [-0.39, 0.29) is 10.9 Å². The van der Waals surface area contributed by atoms with Crippen LogP contribution in [0.4, 0.5) is 0 Å². The lowest BCUT2D eigenvalue weighted by atomic mass is 9.73. The van der Waals surface area contributed by atoms with E-state index < -0.39 is 15.5 Å². The van der Waals surface area contributed by atoms with Gasteiger partial charge in [0.1, 0.15) is 0 Å². The van der Waals surface area contributed by atoms with Crippen molar-refractivity contribution in [2.24, 2.45) is 0 Å². The summed E-state index contributed by atoms with van der Waals surface area (Å²) < 4.78 is 35.8. The van der Waals surface area contributed by atoms with Crippen LogP contribution in [0, 0.1) is 0 Å². The number of nitrogens with zero attached hydrogens (tertiary/aromatic N) is 1. The minimum atomic E-state index is -4.09. The van der Waals surface area contributed by atoms with Crippen molar-refractivity contribution in [3.63, 3.8) is 0 Å². The Balaban J connectivity index is 0.000000186. The number of likely N-dealkylation sites (tertiary alicyclic amines) is 1. The van der Waals surface area contributed by atoms with Gasteiger partial charge in [0.05, 0.1) is 16.9 Å². The average Bonchev–Trinajstić information content (AvgIpc) is 2.80. The number of piperidine rings is 1. The van der Waals surface area contributed by atoms with E-state index in [9.17, 15) is 13.2 Å². The maximum Gasteiger partial charge on any atom is 0.316 e. The molecule has 7 heteroatoms. The summed E-state index contributed by atoms with van der Waals surface area (Å²) in [5.74, 6) is -0.0655. The predicted octanol–water partition coefficient (Wildman–Crippen LogP) is 4.30. The summed E-state index contributed by atoms with van der Waals surface area (Å²) in [5.41, 5.74) is 0.653. The molecule has 4 rings (SSSR count). The molecule has 3 aromatic rings. The summed E-state index contributed by atoms with van der Waals surface area (Å²) >= 11 is 0. The average molecular weight is 456 g/mol. The zero-order valence-electron chi connectivity index (χ0n) is 18.4. The third kappa shape index (κ3) is 5.54. The van der Waals surface area contributed by atoms with Gasteiger partial charge in [-0.2, -0.15) is 8.42 Å². The molecule has 1 fully saturated rings. The summed E-state index contributed by atoms with van der Waals surface area (Å²) in [5, 5.41) is 1.74. The van der Waals surface area contributed by atoms with E-state index in [1.54, 1.807) is 12.1 Å². The van der Waals surface area contributed by atoms with Gasteiger partial charge in [-0.05, 0) is 68.4 Å². The quantitative estimate of drug-likeness (QED) is 0.466. The molecule has 6 nitrogen and oxygen atoms in total. The van der Waals surface area contributed by atoms with E-state index in [4.69, 9.17) is 9.29 Å². The Morgan fingerprint density at radius 2 is 1.56 bits per heavy atom. The number of carbonyl (C=O) groups excluding carboxylic acids is 1. The number of rotatable bonds is 4. The molecule has 0 aliphatic carbocycles. The maximum absolute atomic E-state index is 12.4. The van der Waals surface area contributed by atoms with Crippen molar-refractivity contribution in [1.29, 1.82) is 0 Å². The molecule has 0 saturated carbocycles. The highest BCUT2D eigenvalue weighted by atomic mass is 32.2. The minimum absolute atomic E-state index is 0.0655. The van der Waals surface area contributed by atoms with Crippen LogP contribution in [0.5, 0.6) is 0 Å². The van der Waals surface area contributed by atoms with Gasteiger partial charge in [0, 0.05) is 0 Å². The van der Waals surface area contributed by atoms with Crippen LogP contribution in [-0.2, 0) is 25.1 Å². The molecule has 1 aliphatic heterocycles. The summed E-state index contributed by atoms with van der Waals surface area (Å²) in [6.45, 7) is 4.19. The molecular weight excluding hydrogens is 426 g/mol. The number of hydrogen-bond acceptors (Lipinski definition) is 5. The Hall–Kier alpha value is -2.74. The Labute approximate surface area is 189 Å². The van der Waals surface area contributed by atoms with E-state index >= 15 is 0 Å². The molecule has 0 aromatic heterocycles. The van der Waals surface area contributed by atoms with Crippen molar-refractivity contribution in [3.8, 4) is 0 Å². The van der Waals surface area contributed by atoms with Crippen molar-refractivity contribution < 1.29 is 22.5 Å². The normalized spacial score (nSPS) is 16.1. The van der Waals surface area contributed by atoms with Gasteiger partial charge in [-0.3, -0.25) is 9.35 Å². The van der Waals surface area contributed by atoms with Crippen LogP contribution in [0.15, 0.2) is 77.7 Å². The first-order valence-electron chi connectivity index (χ1n) is 10.6. The molecular formula is C25H29NO5S. The molecule has 170 valence electrons. The fourth-order valence-corrected chi connectivity index (χ4v) is 4.48. The van der Waals surface area contributed by atoms with Crippen LogP contribution in [-0.4, -0.2) is 50.6 Å².